The first kappa shape index (κ1) is 26.8. The number of nitrogens with zero attached hydrogens (tertiary/aromatic N) is 4. The molecule has 2 aromatic carbocycles. The molecule has 2 aliphatic heterocycles. The van der Waals surface area contributed by atoms with E-state index in [1.165, 1.54) is 11.3 Å². The maximum Gasteiger partial charge on any atom is 0.226 e. The Balaban J connectivity index is 0.00000342. The summed E-state index contributed by atoms with van der Waals surface area (Å²) >= 11 is 6.15. The van der Waals surface area contributed by atoms with Crippen LogP contribution in [-0.2, 0) is 4.79 Å². The minimum atomic E-state index is 0. The maximum atomic E-state index is 13.1. The zero-order valence-corrected chi connectivity index (χ0v) is 20.9. The van der Waals surface area contributed by atoms with Gasteiger partial charge in [-0.2, -0.15) is 5.26 Å². The number of anilines is 2. The van der Waals surface area contributed by atoms with Crippen molar-refractivity contribution >= 4 is 28.9 Å². The van der Waals surface area contributed by atoms with Gasteiger partial charge in [-0.1, -0.05) is 43.6 Å². The molecule has 2 aromatic rings. The molecule has 2 saturated heterocycles. The van der Waals surface area contributed by atoms with Crippen molar-refractivity contribution in [3.63, 3.8) is 0 Å². The number of amides is 1. The number of carbonyl (C=O) groups is 1. The summed E-state index contributed by atoms with van der Waals surface area (Å²) in [5.74, 6) is 0.272. The average Bonchev–Trinajstić information content (AvgIpc) is 2.85. The van der Waals surface area contributed by atoms with Crippen LogP contribution in [0.3, 0.4) is 0 Å². The molecule has 0 spiro atoms. The van der Waals surface area contributed by atoms with Crippen molar-refractivity contribution in [1.29, 1.82) is 5.26 Å². The summed E-state index contributed by atoms with van der Waals surface area (Å²) in [6.45, 7) is 10.5. The molecule has 0 bridgehead atoms. The Kier molecular flexibility index (Phi) is 9.42. The van der Waals surface area contributed by atoms with Gasteiger partial charge in [-0.25, -0.2) is 0 Å². The molecule has 1 unspecified atom stereocenters. The summed E-state index contributed by atoms with van der Waals surface area (Å²) < 4.78 is 0. The minimum Gasteiger partial charge on any atom is -0.382 e. The molecule has 1 amide bonds. The zero-order valence-electron chi connectivity index (χ0n) is 20.1. The smallest absolute Gasteiger partial charge is 0.226 e. The number of benzene rings is 2. The van der Waals surface area contributed by atoms with E-state index in [9.17, 15) is 4.79 Å². The normalized spacial score (nSPS) is 17.9. The molecule has 2 heterocycles. The van der Waals surface area contributed by atoms with E-state index in [-0.39, 0.29) is 19.3 Å². The number of nitrogens with one attached hydrogen (secondary N) is 1. The van der Waals surface area contributed by atoms with Crippen molar-refractivity contribution in [1.82, 2.24) is 9.80 Å². The lowest BCUT2D eigenvalue weighted by Crippen LogP contribution is -2.50. The van der Waals surface area contributed by atoms with Crippen LogP contribution in [0.15, 0.2) is 42.5 Å². The van der Waals surface area contributed by atoms with Crippen LogP contribution in [0.2, 0.25) is 5.02 Å². The highest BCUT2D eigenvalue weighted by atomic mass is 35.5. The van der Waals surface area contributed by atoms with E-state index in [4.69, 9.17) is 16.9 Å². The third kappa shape index (κ3) is 6.90. The van der Waals surface area contributed by atoms with Gasteiger partial charge in [-0.05, 0) is 50.1 Å². The largest absolute Gasteiger partial charge is 0.382 e. The molecular formula is C28H38ClN5O. The molecule has 35 heavy (non-hydrogen) atoms. The second-order valence-corrected chi connectivity index (χ2v) is 9.98. The Labute approximate surface area is 215 Å². The fourth-order valence-corrected chi connectivity index (χ4v) is 5.12. The fourth-order valence-electron chi connectivity index (χ4n) is 4.90. The number of likely N-dealkylation sites (tertiary alicyclic amines) is 1. The number of piperazine rings is 1. The van der Waals surface area contributed by atoms with Gasteiger partial charge in [0.1, 0.15) is 6.07 Å². The molecular weight excluding hydrogens is 458 g/mol. The number of carbonyl (C=O) groups excluding carboxylic acids is 1. The van der Waals surface area contributed by atoms with E-state index in [0.29, 0.717) is 16.6 Å². The lowest BCUT2D eigenvalue weighted by atomic mass is 10.0. The van der Waals surface area contributed by atoms with Crippen LogP contribution in [0.1, 0.15) is 38.3 Å². The van der Waals surface area contributed by atoms with Crippen LogP contribution in [0.5, 0.6) is 0 Å². The van der Waals surface area contributed by atoms with Crippen molar-refractivity contribution in [2.75, 3.05) is 56.0 Å². The summed E-state index contributed by atoms with van der Waals surface area (Å²) in [5.41, 5.74) is 3.98. The number of hydrogen-bond acceptors (Lipinski definition) is 5. The van der Waals surface area contributed by atoms with Crippen molar-refractivity contribution < 1.29 is 4.79 Å². The van der Waals surface area contributed by atoms with Gasteiger partial charge in [-0.3, -0.25) is 9.69 Å². The third-order valence-corrected chi connectivity index (χ3v) is 7.30. The van der Waals surface area contributed by atoms with Crippen LogP contribution in [0, 0.1) is 24.2 Å². The van der Waals surface area contributed by atoms with Gasteiger partial charge < -0.3 is 15.1 Å². The monoisotopic (exact) mass is 495 g/mol. The van der Waals surface area contributed by atoms with Gasteiger partial charge in [0.05, 0.1) is 10.6 Å². The van der Waals surface area contributed by atoms with Gasteiger partial charge in [0, 0.05) is 69.1 Å². The first-order chi connectivity index (χ1) is 16.4. The lowest BCUT2D eigenvalue weighted by molar-refractivity contribution is -0.136. The van der Waals surface area contributed by atoms with E-state index in [1.54, 1.807) is 12.1 Å². The number of halogens is 1. The van der Waals surface area contributed by atoms with Crippen molar-refractivity contribution in [3.8, 4) is 6.07 Å². The van der Waals surface area contributed by atoms with Crippen molar-refractivity contribution in [3.05, 3.63) is 58.6 Å². The van der Waals surface area contributed by atoms with Gasteiger partial charge in [0.15, 0.2) is 0 Å². The van der Waals surface area contributed by atoms with E-state index in [0.717, 1.165) is 64.3 Å². The highest BCUT2D eigenvalue weighted by Gasteiger charge is 2.28. The predicted octanol–water partition coefficient (Wildman–Crippen LogP) is 5.02. The first-order valence-corrected chi connectivity index (χ1v) is 12.6. The lowest BCUT2D eigenvalue weighted by Gasteiger charge is -2.38. The molecule has 2 fully saturated rings. The van der Waals surface area contributed by atoms with Gasteiger partial charge in [-0.15, -0.1) is 0 Å². The third-order valence-electron chi connectivity index (χ3n) is 6.99. The minimum absolute atomic E-state index is 0. The first-order valence-electron chi connectivity index (χ1n) is 12.2. The summed E-state index contributed by atoms with van der Waals surface area (Å²) in [6, 6.07) is 16.6. The molecule has 0 radical (unpaired) electrons. The predicted molar refractivity (Wildman–Crippen MR) is 145 cm³/mol. The molecule has 4 rings (SSSR count). The molecule has 1 atom stereocenters. The summed E-state index contributed by atoms with van der Waals surface area (Å²) in [4.78, 5) is 20.0. The van der Waals surface area contributed by atoms with Crippen LogP contribution < -0.4 is 10.2 Å². The molecule has 1 N–H and O–H groups in total. The molecule has 0 aliphatic carbocycles. The van der Waals surface area contributed by atoms with E-state index < -0.39 is 0 Å². The van der Waals surface area contributed by atoms with Gasteiger partial charge >= 0.3 is 0 Å². The second-order valence-electron chi connectivity index (χ2n) is 9.57. The van der Waals surface area contributed by atoms with Crippen LogP contribution in [0.25, 0.3) is 0 Å². The Morgan fingerprint density at radius 3 is 2.34 bits per heavy atom. The average molecular weight is 496 g/mol. The highest BCUT2D eigenvalue weighted by molar-refractivity contribution is 6.32. The van der Waals surface area contributed by atoms with Gasteiger partial charge in [0.25, 0.3) is 0 Å². The topological polar surface area (TPSA) is 62.6 Å². The van der Waals surface area contributed by atoms with Crippen molar-refractivity contribution in [2.24, 2.45) is 5.92 Å². The number of nitriles is 1. The standard InChI is InChI=1S/C27H34ClN5O.CH4/c1-20-3-7-25(8-4-20)32-15-13-31(14-16-32)19-21(2)27(34)33-11-9-23(10-12-33)30-24-6-5-22(18-29)26(28)17-24;/h3-8,17,21,23,30H,9-16,19H2,1-2H3;1H4. The van der Waals surface area contributed by atoms with E-state index in [2.05, 4.69) is 59.3 Å². The Hall–Kier alpha value is -2.75. The quantitative estimate of drug-likeness (QED) is 0.609. The Morgan fingerprint density at radius 2 is 1.74 bits per heavy atom. The number of piperidine rings is 1. The molecule has 6 nitrogen and oxygen atoms in total. The van der Waals surface area contributed by atoms with Crippen LogP contribution in [-0.4, -0.2) is 67.6 Å². The molecule has 2 aliphatic rings. The van der Waals surface area contributed by atoms with Crippen LogP contribution >= 0.6 is 11.6 Å². The molecule has 7 heteroatoms. The summed E-state index contributed by atoms with van der Waals surface area (Å²) in [5, 5.41) is 13.0. The fraction of sp³-hybridized carbons (Fsp3) is 0.500. The van der Waals surface area contributed by atoms with Crippen molar-refractivity contribution in [2.45, 2.75) is 40.2 Å². The van der Waals surface area contributed by atoms with E-state index in [1.807, 2.05) is 11.0 Å². The highest BCUT2D eigenvalue weighted by Crippen LogP contribution is 2.24. The Morgan fingerprint density at radius 1 is 1.09 bits per heavy atom. The number of hydrogen-bond donors (Lipinski definition) is 1. The summed E-state index contributed by atoms with van der Waals surface area (Å²) in [7, 11) is 0. The number of aryl methyl sites for hydroxylation is 1. The molecule has 0 saturated carbocycles. The Bertz CT molecular complexity index is 1020. The molecule has 188 valence electrons. The maximum absolute atomic E-state index is 13.1. The number of rotatable bonds is 6. The summed E-state index contributed by atoms with van der Waals surface area (Å²) in [6.07, 6.45) is 1.82. The SMILES string of the molecule is C.Cc1ccc(N2CCN(CC(C)C(=O)N3CCC(Nc4ccc(C#N)c(Cl)c4)CC3)CC2)cc1. The second kappa shape index (κ2) is 12.3. The van der Waals surface area contributed by atoms with Gasteiger partial charge in [0.2, 0.25) is 5.91 Å². The van der Waals surface area contributed by atoms with E-state index >= 15 is 0 Å². The molecule has 0 aromatic heterocycles. The van der Waals surface area contributed by atoms with Crippen LogP contribution in [0.4, 0.5) is 11.4 Å². The zero-order chi connectivity index (χ0) is 24.1.